The zero-order valence-electron chi connectivity index (χ0n) is 10.1. The first-order valence-corrected chi connectivity index (χ1v) is 5.93. The van der Waals surface area contributed by atoms with Crippen molar-refractivity contribution >= 4 is 11.9 Å². The van der Waals surface area contributed by atoms with Crippen molar-refractivity contribution in [1.29, 1.82) is 0 Å². The lowest BCUT2D eigenvalue weighted by atomic mass is 10.4. The molecule has 1 aromatic heterocycles. The maximum absolute atomic E-state index is 10.7. The number of likely N-dealkylation sites (N-methyl/N-ethyl adjacent to an activating group) is 1. The topological polar surface area (TPSA) is 56.9 Å². The molecule has 17 heavy (non-hydrogen) atoms. The predicted molar refractivity (Wildman–Crippen MR) is 64.6 cm³/mol. The third kappa shape index (κ3) is 3.00. The number of aromatic carboxylic acids is 1. The minimum Gasteiger partial charge on any atom is -0.475 e. The van der Waals surface area contributed by atoms with Crippen LogP contribution in [-0.4, -0.2) is 49.2 Å². The summed E-state index contributed by atoms with van der Waals surface area (Å²) in [6, 6.07) is 3.19. The van der Waals surface area contributed by atoms with Crippen molar-refractivity contribution in [3.63, 3.8) is 0 Å². The van der Waals surface area contributed by atoms with Gasteiger partial charge < -0.3 is 19.3 Å². The Kier molecular flexibility index (Phi) is 3.68. The second-order valence-electron chi connectivity index (χ2n) is 4.41. The summed E-state index contributed by atoms with van der Waals surface area (Å²) >= 11 is 0. The number of carboxylic acids is 1. The van der Waals surface area contributed by atoms with Crippen LogP contribution >= 0.6 is 0 Å². The molecule has 5 nitrogen and oxygen atoms in total. The molecule has 1 aliphatic rings. The van der Waals surface area contributed by atoms with E-state index < -0.39 is 5.97 Å². The first-order valence-electron chi connectivity index (χ1n) is 5.93. The molecule has 0 spiro atoms. The lowest BCUT2D eigenvalue weighted by Crippen LogP contribution is -2.31. The van der Waals surface area contributed by atoms with Gasteiger partial charge in [-0.1, -0.05) is 0 Å². The van der Waals surface area contributed by atoms with E-state index in [1.165, 1.54) is 32.0 Å². The molecular formula is C12H18N2O3. The highest BCUT2D eigenvalue weighted by Gasteiger charge is 2.14. The van der Waals surface area contributed by atoms with Crippen LogP contribution in [0.25, 0.3) is 0 Å². The Morgan fingerprint density at radius 2 is 2.18 bits per heavy atom. The molecule has 0 aromatic carbocycles. The van der Waals surface area contributed by atoms with Gasteiger partial charge >= 0.3 is 5.97 Å². The number of nitrogens with zero attached hydrogens (tertiary/aromatic N) is 2. The van der Waals surface area contributed by atoms with Crippen molar-refractivity contribution in [1.82, 2.24) is 4.90 Å². The molecule has 0 unspecified atom stereocenters. The van der Waals surface area contributed by atoms with E-state index >= 15 is 0 Å². The summed E-state index contributed by atoms with van der Waals surface area (Å²) in [5, 5.41) is 8.76. The number of anilines is 1. The molecule has 1 saturated heterocycles. The molecule has 0 bridgehead atoms. The van der Waals surface area contributed by atoms with E-state index in [2.05, 4.69) is 4.90 Å². The van der Waals surface area contributed by atoms with Crippen LogP contribution in [0.4, 0.5) is 5.88 Å². The SMILES string of the molecule is CN(CCN1CCCC1)c1ccc(C(=O)O)o1. The number of hydrogen-bond acceptors (Lipinski definition) is 4. The highest BCUT2D eigenvalue weighted by Crippen LogP contribution is 2.17. The van der Waals surface area contributed by atoms with Crippen LogP contribution in [0.2, 0.25) is 0 Å². The van der Waals surface area contributed by atoms with Gasteiger partial charge in [-0.15, -0.1) is 0 Å². The molecule has 0 saturated carbocycles. The second kappa shape index (κ2) is 5.23. The third-order valence-corrected chi connectivity index (χ3v) is 3.13. The second-order valence-corrected chi connectivity index (χ2v) is 4.41. The maximum Gasteiger partial charge on any atom is 0.371 e. The minimum absolute atomic E-state index is 0.00646. The molecule has 2 rings (SSSR count). The van der Waals surface area contributed by atoms with Crippen molar-refractivity contribution in [3.8, 4) is 0 Å². The van der Waals surface area contributed by atoms with Crippen LogP contribution < -0.4 is 4.90 Å². The normalized spacial score (nSPS) is 16.3. The van der Waals surface area contributed by atoms with Gasteiger partial charge in [-0.2, -0.15) is 0 Å². The van der Waals surface area contributed by atoms with Crippen molar-refractivity contribution < 1.29 is 14.3 Å². The smallest absolute Gasteiger partial charge is 0.371 e. The molecule has 0 aliphatic carbocycles. The van der Waals surface area contributed by atoms with Crippen molar-refractivity contribution in [2.24, 2.45) is 0 Å². The molecule has 1 aromatic rings. The first-order chi connectivity index (χ1) is 8.16. The lowest BCUT2D eigenvalue weighted by Gasteiger charge is -2.20. The molecule has 0 amide bonds. The van der Waals surface area contributed by atoms with Gasteiger partial charge in [0.25, 0.3) is 0 Å². The summed E-state index contributed by atoms with van der Waals surface area (Å²) in [6.45, 7) is 4.20. The Morgan fingerprint density at radius 1 is 1.47 bits per heavy atom. The Morgan fingerprint density at radius 3 is 2.76 bits per heavy atom. The zero-order valence-corrected chi connectivity index (χ0v) is 10.1. The van der Waals surface area contributed by atoms with Crippen LogP contribution in [0.15, 0.2) is 16.5 Å². The third-order valence-electron chi connectivity index (χ3n) is 3.13. The van der Waals surface area contributed by atoms with Crippen LogP contribution in [0.5, 0.6) is 0 Å². The monoisotopic (exact) mass is 238 g/mol. The summed E-state index contributed by atoms with van der Waals surface area (Å²) in [5.41, 5.74) is 0. The summed E-state index contributed by atoms with van der Waals surface area (Å²) in [7, 11) is 1.92. The van der Waals surface area contributed by atoms with Gasteiger partial charge in [0, 0.05) is 26.2 Å². The van der Waals surface area contributed by atoms with Gasteiger partial charge in [-0.25, -0.2) is 4.79 Å². The summed E-state index contributed by atoms with van der Waals surface area (Å²) in [6.07, 6.45) is 2.57. The Labute approximate surface area is 101 Å². The van der Waals surface area contributed by atoms with E-state index in [9.17, 15) is 4.79 Å². The highest BCUT2D eigenvalue weighted by molar-refractivity contribution is 5.84. The van der Waals surface area contributed by atoms with Crippen LogP contribution in [0.1, 0.15) is 23.4 Å². The van der Waals surface area contributed by atoms with Gasteiger partial charge in [0.1, 0.15) is 0 Å². The molecule has 1 N–H and O–H groups in total. The molecule has 0 radical (unpaired) electrons. The zero-order chi connectivity index (χ0) is 12.3. The molecule has 94 valence electrons. The van der Waals surface area contributed by atoms with E-state index in [4.69, 9.17) is 9.52 Å². The van der Waals surface area contributed by atoms with Gasteiger partial charge in [-0.3, -0.25) is 0 Å². The number of hydrogen-bond donors (Lipinski definition) is 1. The van der Waals surface area contributed by atoms with Gasteiger partial charge in [-0.05, 0) is 32.0 Å². The van der Waals surface area contributed by atoms with Gasteiger partial charge in [0.2, 0.25) is 5.76 Å². The largest absolute Gasteiger partial charge is 0.475 e. The molecule has 5 heteroatoms. The quantitative estimate of drug-likeness (QED) is 0.842. The van der Waals surface area contributed by atoms with Gasteiger partial charge in [0.15, 0.2) is 5.88 Å². The van der Waals surface area contributed by atoms with Crippen molar-refractivity contribution in [3.05, 3.63) is 17.9 Å². The fourth-order valence-electron chi connectivity index (χ4n) is 2.06. The summed E-state index contributed by atoms with van der Waals surface area (Å²) in [4.78, 5) is 15.0. The van der Waals surface area contributed by atoms with Crippen LogP contribution in [0, 0.1) is 0 Å². The minimum atomic E-state index is -1.02. The summed E-state index contributed by atoms with van der Waals surface area (Å²) < 4.78 is 5.23. The molecular weight excluding hydrogens is 220 g/mol. The Bertz CT molecular complexity index is 383. The molecule has 1 fully saturated rings. The number of likely N-dealkylation sites (tertiary alicyclic amines) is 1. The Balaban J connectivity index is 1.85. The fraction of sp³-hybridized carbons (Fsp3) is 0.583. The van der Waals surface area contributed by atoms with Crippen LogP contribution in [-0.2, 0) is 0 Å². The van der Waals surface area contributed by atoms with Crippen molar-refractivity contribution in [2.75, 3.05) is 38.1 Å². The van der Waals surface area contributed by atoms with Crippen molar-refractivity contribution in [2.45, 2.75) is 12.8 Å². The number of carboxylic acid groups (broad SMARTS) is 1. The molecule has 2 heterocycles. The Hall–Kier alpha value is -1.49. The summed E-state index contributed by atoms with van der Waals surface area (Å²) in [5.74, 6) is -0.418. The molecule has 1 aliphatic heterocycles. The van der Waals surface area contributed by atoms with E-state index in [-0.39, 0.29) is 5.76 Å². The van der Waals surface area contributed by atoms with Gasteiger partial charge in [0.05, 0.1) is 0 Å². The fourth-order valence-corrected chi connectivity index (χ4v) is 2.06. The average molecular weight is 238 g/mol. The predicted octanol–water partition coefficient (Wildman–Crippen LogP) is 1.51. The number of carbonyl (C=O) groups is 1. The van der Waals surface area contributed by atoms with Crippen LogP contribution in [0.3, 0.4) is 0 Å². The number of furan rings is 1. The molecule has 0 atom stereocenters. The standard InChI is InChI=1S/C12H18N2O3/c1-13(8-9-14-6-2-3-7-14)11-5-4-10(17-11)12(15)16/h4-5H,2-3,6-9H2,1H3,(H,15,16). The lowest BCUT2D eigenvalue weighted by molar-refractivity contribution is 0.0663. The number of rotatable bonds is 5. The van der Waals surface area contributed by atoms with E-state index in [1.54, 1.807) is 6.07 Å². The van der Waals surface area contributed by atoms with E-state index in [1.807, 2.05) is 11.9 Å². The van der Waals surface area contributed by atoms with E-state index in [0.717, 1.165) is 13.1 Å². The maximum atomic E-state index is 10.7. The first kappa shape index (κ1) is 12.0. The average Bonchev–Trinajstić information content (AvgIpc) is 2.96. The highest BCUT2D eigenvalue weighted by atomic mass is 16.4. The van der Waals surface area contributed by atoms with E-state index in [0.29, 0.717) is 5.88 Å².